The molecule has 4 heterocycles. The van der Waals surface area contributed by atoms with Crippen LogP contribution in [0.3, 0.4) is 0 Å². The van der Waals surface area contributed by atoms with Crippen molar-refractivity contribution in [1.82, 2.24) is 19.7 Å². The lowest BCUT2D eigenvalue weighted by atomic mass is 9.93. The van der Waals surface area contributed by atoms with Crippen LogP contribution in [-0.2, 0) is 7.05 Å². The first-order valence-corrected chi connectivity index (χ1v) is 9.62. The van der Waals surface area contributed by atoms with Crippen LogP contribution in [0.25, 0.3) is 11.1 Å². The van der Waals surface area contributed by atoms with Crippen molar-refractivity contribution >= 4 is 5.69 Å². The first kappa shape index (κ1) is 17.5. The number of benzene rings is 1. The van der Waals surface area contributed by atoms with Crippen molar-refractivity contribution in [1.29, 1.82) is 5.26 Å². The minimum atomic E-state index is 0.187. The fourth-order valence-electron chi connectivity index (χ4n) is 4.17. The smallest absolute Gasteiger partial charge is 0.260 e. The number of rotatable bonds is 3. The first-order chi connectivity index (χ1) is 14.2. The molecule has 146 valence electrons. The van der Waals surface area contributed by atoms with E-state index in [1.807, 2.05) is 35.9 Å². The lowest BCUT2D eigenvalue weighted by Gasteiger charge is -2.35. The molecule has 3 aromatic rings. The van der Waals surface area contributed by atoms with Gasteiger partial charge in [-0.05, 0) is 25.0 Å². The third-order valence-electron chi connectivity index (χ3n) is 5.62. The Bertz CT molecular complexity index is 1090. The lowest BCUT2D eigenvalue weighted by molar-refractivity contribution is 0.171. The second-order valence-corrected chi connectivity index (χ2v) is 7.31. The molecular weight excluding hydrogens is 368 g/mol. The average Bonchev–Trinajstić information content (AvgIpc) is 3.41. The number of hydrogen-bond donors (Lipinski definition) is 0. The highest BCUT2D eigenvalue weighted by Gasteiger charge is 2.27. The zero-order chi connectivity index (χ0) is 19.8. The molecule has 0 radical (unpaired) electrons. The third kappa shape index (κ3) is 3.05. The van der Waals surface area contributed by atoms with E-state index in [9.17, 15) is 5.26 Å². The molecule has 1 saturated heterocycles. The molecule has 8 heteroatoms. The Hall–Kier alpha value is -3.60. The first-order valence-electron chi connectivity index (χ1n) is 9.62. The molecule has 0 amide bonds. The molecule has 29 heavy (non-hydrogen) atoms. The largest absolute Gasteiger partial charge is 0.452 e. The fraction of sp³-hybridized carbons (Fsp3) is 0.333. The molecule has 2 aromatic heterocycles. The molecule has 0 unspecified atom stereocenters. The molecule has 0 spiro atoms. The Labute approximate surface area is 168 Å². The molecule has 2 aliphatic heterocycles. The number of anilines is 1. The second-order valence-electron chi connectivity index (χ2n) is 7.31. The number of fused-ring (bicyclic) bond motifs is 1. The Morgan fingerprint density at radius 3 is 2.83 bits per heavy atom. The van der Waals surface area contributed by atoms with Gasteiger partial charge in [-0.25, -0.2) is 4.98 Å². The Morgan fingerprint density at radius 1 is 1.21 bits per heavy atom. The molecule has 2 aliphatic rings. The molecule has 0 atom stereocenters. The summed E-state index contributed by atoms with van der Waals surface area (Å²) in [7, 11) is 1.98. The molecule has 5 rings (SSSR count). The number of nitriles is 1. The van der Waals surface area contributed by atoms with Crippen LogP contribution in [0.1, 0.15) is 30.1 Å². The summed E-state index contributed by atoms with van der Waals surface area (Å²) in [6.45, 7) is 1.88. The highest BCUT2D eigenvalue weighted by atomic mass is 16.7. The summed E-state index contributed by atoms with van der Waals surface area (Å²) in [6.07, 6.45) is 5.45. The van der Waals surface area contributed by atoms with Gasteiger partial charge < -0.3 is 18.9 Å². The molecular formula is C21H20N6O2. The van der Waals surface area contributed by atoms with Crippen LogP contribution in [0.15, 0.2) is 36.8 Å². The zero-order valence-electron chi connectivity index (χ0n) is 16.1. The van der Waals surface area contributed by atoms with Crippen molar-refractivity contribution in [2.75, 3.05) is 24.8 Å². The topological polar surface area (TPSA) is 89.1 Å². The van der Waals surface area contributed by atoms with Gasteiger partial charge in [0, 0.05) is 43.4 Å². The molecule has 8 nitrogen and oxygen atoms in total. The number of aromatic nitrogens is 4. The summed E-state index contributed by atoms with van der Waals surface area (Å²) in [5.74, 6) is 2.55. The van der Waals surface area contributed by atoms with Crippen LogP contribution in [0.5, 0.6) is 11.6 Å². The number of nitrogens with zero attached hydrogens (tertiary/aromatic N) is 6. The lowest BCUT2D eigenvalue weighted by Crippen LogP contribution is -2.34. The van der Waals surface area contributed by atoms with E-state index in [4.69, 9.17) is 9.47 Å². The summed E-state index contributed by atoms with van der Waals surface area (Å²) < 4.78 is 12.8. The minimum Gasteiger partial charge on any atom is -0.452 e. The van der Waals surface area contributed by atoms with Gasteiger partial charge in [0.15, 0.2) is 5.75 Å². The summed E-state index contributed by atoms with van der Waals surface area (Å²) in [5.41, 5.74) is 3.51. The predicted molar refractivity (Wildman–Crippen MR) is 106 cm³/mol. The van der Waals surface area contributed by atoms with Crippen LogP contribution in [0.2, 0.25) is 0 Å². The number of aryl methyl sites for hydroxylation is 1. The van der Waals surface area contributed by atoms with Gasteiger partial charge in [-0.3, -0.25) is 0 Å². The Kier molecular flexibility index (Phi) is 4.28. The third-order valence-corrected chi connectivity index (χ3v) is 5.62. The Balaban J connectivity index is 1.47. The molecule has 0 aliphatic carbocycles. The summed E-state index contributed by atoms with van der Waals surface area (Å²) >= 11 is 0. The van der Waals surface area contributed by atoms with Gasteiger partial charge in [-0.1, -0.05) is 12.1 Å². The number of para-hydroxylation sites is 1. The van der Waals surface area contributed by atoms with E-state index in [2.05, 4.69) is 26.2 Å². The minimum absolute atomic E-state index is 0.187. The highest BCUT2D eigenvalue weighted by molar-refractivity contribution is 5.83. The molecule has 0 N–H and O–H groups in total. The van der Waals surface area contributed by atoms with Gasteiger partial charge >= 0.3 is 0 Å². The van der Waals surface area contributed by atoms with Crippen molar-refractivity contribution in [3.8, 4) is 28.8 Å². The second kappa shape index (κ2) is 7.09. The zero-order valence-corrected chi connectivity index (χ0v) is 16.1. The van der Waals surface area contributed by atoms with E-state index in [1.54, 1.807) is 12.5 Å². The van der Waals surface area contributed by atoms with E-state index in [0.29, 0.717) is 23.1 Å². The average molecular weight is 388 g/mol. The van der Waals surface area contributed by atoms with Gasteiger partial charge in [0.1, 0.15) is 18.2 Å². The summed E-state index contributed by atoms with van der Waals surface area (Å²) in [4.78, 5) is 6.66. The molecule has 1 fully saturated rings. The van der Waals surface area contributed by atoms with Crippen LogP contribution in [0.4, 0.5) is 5.69 Å². The van der Waals surface area contributed by atoms with E-state index < -0.39 is 0 Å². The maximum Gasteiger partial charge on any atom is 0.260 e. The summed E-state index contributed by atoms with van der Waals surface area (Å²) in [6, 6.07) is 10.1. The standard InChI is InChI=1S/C21H20N6O2/c1-26-12-24-25-20(26)14-5-7-27(8-6-14)19-15(10-22)3-2-4-17(19)16-9-18-21(23-11-16)29-13-28-18/h2-4,9,11-12,14H,5-8,13H2,1H3. The van der Waals surface area contributed by atoms with Crippen molar-refractivity contribution in [2.45, 2.75) is 18.8 Å². The summed E-state index contributed by atoms with van der Waals surface area (Å²) in [5, 5.41) is 18.0. The maximum absolute atomic E-state index is 9.76. The van der Waals surface area contributed by atoms with Crippen LogP contribution in [0, 0.1) is 11.3 Å². The van der Waals surface area contributed by atoms with Crippen molar-refractivity contribution in [3.05, 3.63) is 48.2 Å². The normalized spacial score (nSPS) is 16.1. The van der Waals surface area contributed by atoms with E-state index in [-0.39, 0.29) is 6.79 Å². The van der Waals surface area contributed by atoms with Crippen molar-refractivity contribution in [3.63, 3.8) is 0 Å². The molecule has 1 aromatic carbocycles. The number of ether oxygens (including phenoxy) is 2. The number of pyridine rings is 1. The SMILES string of the molecule is Cn1cnnc1C1CCN(c2c(C#N)cccc2-c2cnc3c(c2)OCO3)CC1. The van der Waals surface area contributed by atoms with Gasteiger partial charge in [0.2, 0.25) is 6.79 Å². The monoisotopic (exact) mass is 388 g/mol. The molecule has 0 saturated carbocycles. The van der Waals surface area contributed by atoms with Gasteiger partial charge in [0.05, 0.1) is 11.3 Å². The molecule has 0 bridgehead atoms. The maximum atomic E-state index is 9.76. The van der Waals surface area contributed by atoms with E-state index in [1.165, 1.54) is 0 Å². The van der Waals surface area contributed by atoms with Gasteiger partial charge in [-0.15, -0.1) is 10.2 Å². The van der Waals surface area contributed by atoms with Gasteiger partial charge in [0.25, 0.3) is 5.88 Å². The van der Waals surface area contributed by atoms with E-state index in [0.717, 1.165) is 48.6 Å². The van der Waals surface area contributed by atoms with Crippen LogP contribution in [-0.4, -0.2) is 39.6 Å². The van der Waals surface area contributed by atoms with Crippen molar-refractivity contribution in [2.24, 2.45) is 7.05 Å². The predicted octanol–water partition coefficient (Wildman–Crippen LogP) is 2.86. The van der Waals surface area contributed by atoms with Crippen molar-refractivity contribution < 1.29 is 9.47 Å². The van der Waals surface area contributed by atoms with Crippen LogP contribution < -0.4 is 14.4 Å². The Morgan fingerprint density at radius 2 is 2.07 bits per heavy atom. The fourth-order valence-corrected chi connectivity index (χ4v) is 4.17. The highest BCUT2D eigenvalue weighted by Crippen LogP contribution is 2.40. The van der Waals surface area contributed by atoms with Gasteiger partial charge in [-0.2, -0.15) is 5.26 Å². The number of piperidine rings is 1. The quantitative estimate of drug-likeness (QED) is 0.681. The number of hydrogen-bond acceptors (Lipinski definition) is 7. The van der Waals surface area contributed by atoms with E-state index >= 15 is 0 Å². The van der Waals surface area contributed by atoms with Crippen LogP contribution >= 0.6 is 0 Å².